The molecule has 29 heavy (non-hydrogen) atoms. The van der Waals surface area contributed by atoms with Crippen molar-refractivity contribution >= 4 is 22.5 Å². The van der Waals surface area contributed by atoms with Crippen LogP contribution in [0.2, 0.25) is 0 Å². The summed E-state index contributed by atoms with van der Waals surface area (Å²) in [4.78, 5) is 34.6. The van der Waals surface area contributed by atoms with Gasteiger partial charge in [-0.15, -0.1) is 6.42 Å². The molecule has 8 heteroatoms. The molecule has 0 aliphatic heterocycles. The number of carbonyl (C=O) groups excluding carboxylic acids is 1. The molecule has 144 valence electrons. The van der Waals surface area contributed by atoms with E-state index in [1.54, 1.807) is 62.1 Å². The molecule has 0 radical (unpaired) electrons. The van der Waals surface area contributed by atoms with Gasteiger partial charge in [0.15, 0.2) is 5.65 Å². The molecule has 8 nitrogen and oxygen atoms in total. The van der Waals surface area contributed by atoms with Gasteiger partial charge >= 0.3 is 0 Å². The molecule has 3 heterocycles. The number of nitrogens with one attached hydrogen (secondary N) is 1. The first-order valence-corrected chi connectivity index (χ1v) is 8.99. The second kappa shape index (κ2) is 6.87. The number of aryl methyl sites for hydroxylation is 1. The van der Waals surface area contributed by atoms with Crippen LogP contribution in [0.25, 0.3) is 16.6 Å². The first-order valence-electron chi connectivity index (χ1n) is 8.99. The minimum absolute atomic E-state index is 0.256. The highest BCUT2D eigenvalue weighted by Crippen LogP contribution is 2.18. The van der Waals surface area contributed by atoms with E-state index in [1.807, 2.05) is 0 Å². The smallest absolute Gasteiger partial charge is 0.262 e. The van der Waals surface area contributed by atoms with E-state index in [-0.39, 0.29) is 11.5 Å². The molecule has 0 saturated heterocycles. The molecule has 0 bridgehead atoms. The van der Waals surface area contributed by atoms with E-state index in [0.29, 0.717) is 39.2 Å². The molecule has 4 rings (SSSR count). The van der Waals surface area contributed by atoms with Gasteiger partial charge in [-0.25, -0.2) is 14.5 Å². The number of amides is 1. The fourth-order valence-corrected chi connectivity index (χ4v) is 3.43. The quantitative estimate of drug-likeness (QED) is 0.542. The van der Waals surface area contributed by atoms with E-state index in [0.717, 1.165) is 0 Å². The summed E-state index contributed by atoms with van der Waals surface area (Å²) in [5.74, 6) is 2.61. The standard InChI is InChI=1S/C21H18N6O2/c1-5-14-8-6-9-15-17(14)21(29)26(4)18(24-15)13(3)23-20(28)16-12(2)25-27-11-7-10-22-19(16)27/h1,6-11,13H,2-4H3,(H,23,28). The van der Waals surface area contributed by atoms with Crippen molar-refractivity contribution < 1.29 is 4.79 Å². The van der Waals surface area contributed by atoms with Gasteiger partial charge in [-0.3, -0.25) is 14.2 Å². The Labute approximate surface area is 166 Å². The van der Waals surface area contributed by atoms with Crippen molar-refractivity contribution in [1.29, 1.82) is 0 Å². The van der Waals surface area contributed by atoms with Gasteiger partial charge in [-0.1, -0.05) is 12.0 Å². The van der Waals surface area contributed by atoms with Crippen LogP contribution in [-0.2, 0) is 7.05 Å². The molecular weight excluding hydrogens is 368 g/mol. The van der Waals surface area contributed by atoms with E-state index >= 15 is 0 Å². The summed E-state index contributed by atoms with van der Waals surface area (Å²) in [6.07, 6.45) is 8.85. The van der Waals surface area contributed by atoms with Gasteiger partial charge in [-0.2, -0.15) is 5.10 Å². The topological polar surface area (TPSA) is 94.2 Å². The van der Waals surface area contributed by atoms with Crippen LogP contribution in [-0.4, -0.2) is 30.1 Å². The summed E-state index contributed by atoms with van der Waals surface area (Å²) >= 11 is 0. The number of fused-ring (bicyclic) bond motifs is 2. The van der Waals surface area contributed by atoms with Crippen molar-refractivity contribution in [3.05, 3.63) is 69.7 Å². The zero-order valence-electron chi connectivity index (χ0n) is 16.2. The zero-order chi connectivity index (χ0) is 20.7. The molecule has 1 unspecified atom stereocenters. The summed E-state index contributed by atoms with van der Waals surface area (Å²) in [6.45, 7) is 3.52. The van der Waals surface area contributed by atoms with Gasteiger partial charge in [-0.05, 0) is 32.0 Å². The van der Waals surface area contributed by atoms with E-state index in [1.165, 1.54) is 4.57 Å². The van der Waals surface area contributed by atoms with Gasteiger partial charge in [0.25, 0.3) is 11.5 Å². The average Bonchev–Trinajstić information content (AvgIpc) is 3.05. The Balaban J connectivity index is 1.74. The zero-order valence-corrected chi connectivity index (χ0v) is 16.2. The Kier molecular flexibility index (Phi) is 4.35. The number of hydrogen-bond donors (Lipinski definition) is 1. The van der Waals surface area contributed by atoms with Crippen LogP contribution in [0.3, 0.4) is 0 Å². The molecule has 0 aliphatic rings. The first-order chi connectivity index (χ1) is 13.9. The van der Waals surface area contributed by atoms with Crippen LogP contribution < -0.4 is 10.9 Å². The number of carbonyl (C=O) groups is 1. The van der Waals surface area contributed by atoms with E-state index < -0.39 is 6.04 Å². The van der Waals surface area contributed by atoms with Crippen molar-refractivity contribution in [3.8, 4) is 12.3 Å². The van der Waals surface area contributed by atoms with Crippen LogP contribution in [0.5, 0.6) is 0 Å². The van der Waals surface area contributed by atoms with Crippen molar-refractivity contribution in [2.45, 2.75) is 19.9 Å². The third-order valence-electron chi connectivity index (χ3n) is 4.83. The predicted octanol–water partition coefficient (Wildman–Crippen LogP) is 1.76. The highest BCUT2D eigenvalue weighted by molar-refractivity contribution is 6.01. The van der Waals surface area contributed by atoms with E-state index in [4.69, 9.17) is 6.42 Å². The Bertz CT molecular complexity index is 1380. The highest BCUT2D eigenvalue weighted by Gasteiger charge is 2.22. The third kappa shape index (κ3) is 2.93. The van der Waals surface area contributed by atoms with Crippen LogP contribution in [0.1, 0.15) is 40.4 Å². The van der Waals surface area contributed by atoms with Crippen molar-refractivity contribution in [1.82, 2.24) is 29.5 Å². The van der Waals surface area contributed by atoms with Gasteiger partial charge in [0.05, 0.1) is 22.6 Å². The number of aromatic nitrogens is 5. The van der Waals surface area contributed by atoms with Crippen molar-refractivity contribution in [3.63, 3.8) is 0 Å². The number of hydrogen-bond acceptors (Lipinski definition) is 5. The van der Waals surface area contributed by atoms with Crippen molar-refractivity contribution in [2.24, 2.45) is 7.05 Å². The molecule has 1 aromatic carbocycles. The minimum Gasteiger partial charge on any atom is -0.342 e. The van der Waals surface area contributed by atoms with E-state index in [9.17, 15) is 9.59 Å². The molecule has 0 spiro atoms. The lowest BCUT2D eigenvalue weighted by atomic mass is 10.1. The molecule has 3 aromatic heterocycles. The predicted molar refractivity (Wildman–Crippen MR) is 109 cm³/mol. The second-order valence-corrected chi connectivity index (χ2v) is 6.72. The molecule has 1 atom stereocenters. The number of benzene rings is 1. The average molecular weight is 386 g/mol. The maximum Gasteiger partial charge on any atom is 0.262 e. The summed E-state index contributed by atoms with van der Waals surface area (Å²) in [6, 6.07) is 6.40. The van der Waals surface area contributed by atoms with Gasteiger partial charge in [0.2, 0.25) is 0 Å². The van der Waals surface area contributed by atoms with E-state index in [2.05, 4.69) is 26.3 Å². The van der Waals surface area contributed by atoms with Gasteiger partial charge in [0, 0.05) is 25.0 Å². The van der Waals surface area contributed by atoms with Gasteiger partial charge < -0.3 is 5.32 Å². The highest BCUT2D eigenvalue weighted by atomic mass is 16.2. The van der Waals surface area contributed by atoms with Crippen LogP contribution >= 0.6 is 0 Å². The molecular formula is C21H18N6O2. The number of nitrogens with zero attached hydrogens (tertiary/aromatic N) is 5. The maximum absolute atomic E-state index is 12.9. The first kappa shape index (κ1) is 18.4. The van der Waals surface area contributed by atoms with Gasteiger partial charge in [0.1, 0.15) is 11.4 Å². The molecule has 1 N–H and O–H groups in total. The van der Waals surface area contributed by atoms with Crippen LogP contribution in [0.4, 0.5) is 0 Å². The third-order valence-corrected chi connectivity index (χ3v) is 4.83. The summed E-state index contributed by atoms with van der Waals surface area (Å²) in [7, 11) is 1.61. The monoisotopic (exact) mass is 386 g/mol. The van der Waals surface area contributed by atoms with Crippen LogP contribution in [0.15, 0.2) is 41.5 Å². The maximum atomic E-state index is 12.9. The Morgan fingerprint density at radius 1 is 1.31 bits per heavy atom. The fraction of sp³-hybridized carbons (Fsp3) is 0.190. The lowest BCUT2D eigenvalue weighted by Gasteiger charge is -2.17. The SMILES string of the molecule is C#Cc1cccc2nc(C(C)NC(=O)c3c(C)nn4cccnc34)n(C)c(=O)c12. The summed E-state index contributed by atoms with van der Waals surface area (Å²) < 4.78 is 2.97. The van der Waals surface area contributed by atoms with Crippen LogP contribution in [0, 0.1) is 19.3 Å². The second-order valence-electron chi connectivity index (χ2n) is 6.72. The Morgan fingerprint density at radius 3 is 2.86 bits per heavy atom. The molecule has 4 aromatic rings. The number of rotatable bonds is 3. The Hall–Kier alpha value is -3.99. The Morgan fingerprint density at radius 2 is 2.10 bits per heavy atom. The summed E-state index contributed by atoms with van der Waals surface area (Å²) in [5, 5.41) is 7.60. The minimum atomic E-state index is -0.530. The molecule has 0 saturated carbocycles. The molecule has 1 amide bonds. The fourth-order valence-electron chi connectivity index (χ4n) is 3.43. The van der Waals surface area contributed by atoms with Crippen molar-refractivity contribution in [2.75, 3.05) is 0 Å². The molecule has 0 aliphatic carbocycles. The summed E-state index contributed by atoms with van der Waals surface area (Å²) in [5.41, 5.74) is 2.15. The largest absolute Gasteiger partial charge is 0.342 e. The normalized spacial score (nSPS) is 12.1. The number of terminal acetylenes is 1. The lowest BCUT2D eigenvalue weighted by molar-refractivity contribution is 0.0938. The molecule has 0 fully saturated rings. The lowest BCUT2D eigenvalue weighted by Crippen LogP contribution is -2.33.